The summed E-state index contributed by atoms with van der Waals surface area (Å²) in [7, 11) is 0. The number of hydrogen-bond donors (Lipinski definition) is 0. The molecule has 0 aliphatic carbocycles. The highest BCUT2D eigenvalue weighted by Gasteiger charge is 2.10. The third-order valence-electron chi connectivity index (χ3n) is 13.1. The highest BCUT2D eigenvalue weighted by Crippen LogP contribution is 2.25. The predicted molar refractivity (Wildman–Crippen MR) is 269 cm³/mol. The van der Waals surface area contributed by atoms with Crippen LogP contribution in [0.3, 0.4) is 0 Å². The van der Waals surface area contributed by atoms with E-state index in [1.165, 1.54) is 173 Å². The fourth-order valence-electron chi connectivity index (χ4n) is 8.56. The summed E-state index contributed by atoms with van der Waals surface area (Å²) in [6.07, 6.45) is 38.8. The number of hydrogen-bond acceptors (Lipinski definition) is 0. The van der Waals surface area contributed by atoms with Crippen molar-refractivity contribution in [3.05, 3.63) is 0 Å². The fourth-order valence-corrected chi connectivity index (χ4v) is 8.56. The zero-order valence-corrected chi connectivity index (χ0v) is 44.0. The van der Waals surface area contributed by atoms with E-state index in [1.807, 2.05) is 0 Å². The summed E-state index contributed by atoms with van der Waals surface area (Å²) in [6.45, 7) is 42.7. The molecular formula is C57H120. The monoisotopic (exact) mass is 805 g/mol. The van der Waals surface area contributed by atoms with Gasteiger partial charge in [-0.15, -0.1) is 0 Å². The predicted octanol–water partition coefficient (Wildman–Crippen LogP) is 21.2. The largest absolute Gasteiger partial charge is 0.0628 e. The highest BCUT2D eigenvalue weighted by molar-refractivity contribution is 4.63. The zero-order chi connectivity index (χ0) is 44.0. The van der Waals surface area contributed by atoms with Gasteiger partial charge >= 0.3 is 0 Å². The van der Waals surface area contributed by atoms with E-state index in [0.29, 0.717) is 0 Å². The first-order valence-electron chi connectivity index (χ1n) is 26.7. The average molecular weight is 806 g/mol. The van der Waals surface area contributed by atoms with Crippen molar-refractivity contribution in [2.45, 2.75) is 298 Å². The van der Waals surface area contributed by atoms with Crippen LogP contribution in [0.15, 0.2) is 0 Å². The molecule has 348 valence electrons. The molecule has 0 heteroatoms. The van der Waals surface area contributed by atoms with Gasteiger partial charge in [0.25, 0.3) is 0 Å². The molecule has 0 aromatic carbocycles. The maximum atomic E-state index is 2.45. The van der Waals surface area contributed by atoms with Crippen molar-refractivity contribution < 1.29 is 0 Å². The van der Waals surface area contributed by atoms with E-state index in [-0.39, 0.29) is 0 Å². The van der Waals surface area contributed by atoms with Gasteiger partial charge in [-0.25, -0.2) is 0 Å². The van der Waals surface area contributed by atoms with Crippen molar-refractivity contribution in [2.24, 2.45) is 71.0 Å². The molecule has 0 saturated heterocycles. The molecular weight excluding hydrogens is 685 g/mol. The SMILES string of the molecule is CC(C)CCCC(C)CCCC(C)CCCC(C)C.CC(C)CCCC(C)CCCC(C)CCCC(C)C.CC(C)CCCC(C)CCCC(C)CCCC(C)C. The third-order valence-corrected chi connectivity index (χ3v) is 13.1. The third kappa shape index (κ3) is 56.0. The van der Waals surface area contributed by atoms with Gasteiger partial charge in [0.2, 0.25) is 0 Å². The van der Waals surface area contributed by atoms with E-state index in [2.05, 4.69) is 125 Å². The summed E-state index contributed by atoms with van der Waals surface area (Å²) in [4.78, 5) is 0. The van der Waals surface area contributed by atoms with Crippen LogP contribution in [-0.2, 0) is 0 Å². The Labute approximate surface area is 367 Å². The van der Waals surface area contributed by atoms with Crippen LogP contribution in [0.4, 0.5) is 0 Å². The van der Waals surface area contributed by atoms with Gasteiger partial charge in [0, 0.05) is 0 Å². The van der Waals surface area contributed by atoms with E-state index in [1.54, 1.807) is 0 Å². The highest BCUT2D eigenvalue weighted by atomic mass is 14.2. The van der Waals surface area contributed by atoms with E-state index in [9.17, 15) is 0 Å². The second-order valence-corrected chi connectivity index (χ2v) is 23.4. The minimum Gasteiger partial charge on any atom is -0.0628 e. The van der Waals surface area contributed by atoms with E-state index in [0.717, 1.165) is 71.0 Å². The van der Waals surface area contributed by atoms with Gasteiger partial charge in [0.1, 0.15) is 0 Å². The Hall–Kier alpha value is 0. The Bertz CT molecular complexity index is 581. The number of rotatable bonds is 36. The smallest absolute Gasteiger partial charge is 0.0443 e. The first kappa shape index (κ1) is 61.3. The minimum atomic E-state index is 0.883. The Kier molecular flexibility index (Phi) is 45.9. The molecule has 0 aliphatic heterocycles. The minimum absolute atomic E-state index is 0.883. The van der Waals surface area contributed by atoms with Gasteiger partial charge in [-0.05, 0) is 71.0 Å². The van der Waals surface area contributed by atoms with Crippen molar-refractivity contribution in [3.8, 4) is 0 Å². The summed E-state index contributed by atoms with van der Waals surface area (Å²) in [5.74, 6) is 11.0. The molecule has 6 atom stereocenters. The standard InChI is InChI=1S/3C19H40/c3*1-16(2)10-7-12-18(5)14-9-15-19(6)13-8-11-17(3)4/h3*16-19H,7-15H2,1-6H3. The molecule has 0 spiro atoms. The normalized spacial score (nSPS) is 15.2. The van der Waals surface area contributed by atoms with Crippen LogP contribution in [0.1, 0.15) is 298 Å². The maximum absolute atomic E-state index is 2.45. The van der Waals surface area contributed by atoms with Crippen LogP contribution in [0.2, 0.25) is 0 Å². The van der Waals surface area contributed by atoms with E-state index in [4.69, 9.17) is 0 Å². The quantitative estimate of drug-likeness (QED) is 0.0592. The van der Waals surface area contributed by atoms with Crippen LogP contribution < -0.4 is 0 Å². The topological polar surface area (TPSA) is 0 Å². The molecule has 0 nitrogen and oxygen atoms in total. The molecule has 0 bridgehead atoms. The van der Waals surface area contributed by atoms with Crippen molar-refractivity contribution in [2.75, 3.05) is 0 Å². The first-order valence-corrected chi connectivity index (χ1v) is 26.7. The van der Waals surface area contributed by atoms with Crippen molar-refractivity contribution >= 4 is 0 Å². The molecule has 0 aromatic heterocycles. The van der Waals surface area contributed by atoms with Gasteiger partial charge in [-0.2, -0.15) is 0 Å². The molecule has 0 radical (unpaired) electrons. The Morgan fingerprint density at radius 2 is 0.228 bits per heavy atom. The first-order chi connectivity index (χ1) is 26.7. The van der Waals surface area contributed by atoms with E-state index < -0.39 is 0 Å². The lowest BCUT2D eigenvalue weighted by Crippen LogP contribution is -2.00. The lowest BCUT2D eigenvalue weighted by molar-refractivity contribution is 0.381. The molecule has 57 heavy (non-hydrogen) atoms. The van der Waals surface area contributed by atoms with Crippen molar-refractivity contribution in [3.63, 3.8) is 0 Å². The Balaban J connectivity index is -0.000000767. The van der Waals surface area contributed by atoms with Gasteiger partial charge in [-0.1, -0.05) is 298 Å². The van der Waals surface area contributed by atoms with Gasteiger partial charge in [-0.3, -0.25) is 0 Å². The fraction of sp³-hybridized carbons (Fsp3) is 1.00. The lowest BCUT2D eigenvalue weighted by Gasteiger charge is -2.15. The van der Waals surface area contributed by atoms with Gasteiger partial charge in [0.05, 0.1) is 0 Å². The lowest BCUT2D eigenvalue weighted by atomic mass is 9.91. The molecule has 0 heterocycles. The summed E-state index contributed by atoms with van der Waals surface area (Å²) in [6, 6.07) is 0. The average Bonchev–Trinajstić information content (AvgIpc) is 3.08. The van der Waals surface area contributed by atoms with Crippen LogP contribution >= 0.6 is 0 Å². The second-order valence-electron chi connectivity index (χ2n) is 23.4. The van der Waals surface area contributed by atoms with Gasteiger partial charge < -0.3 is 0 Å². The zero-order valence-electron chi connectivity index (χ0n) is 44.0. The second kappa shape index (κ2) is 42.7. The Morgan fingerprint density at radius 1 is 0.140 bits per heavy atom. The van der Waals surface area contributed by atoms with Crippen LogP contribution in [0.25, 0.3) is 0 Å². The summed E-state index contributed by atoms with van der Waals surface area (Å²) < 4.78 is 0. The molecule has 0 amide bonds. The summed E-state index contributed by atoms with van der Waals surface area (Å²) in [5.41, 5.74) is 0. The molecule has 0 aliphatic rings. The van der Waals surface area contributed by atoms with Crippen molar-refractivity contribution in [1.29, 1.82) is 0 Å². The van der Waals surface area contributed by atoms with Crippen molar-refractivity contribution in [1.82, 2.24) is 0 Å². The van der Waals surface area contributed by atoms with Crippen LogP contribution in [-0.4, -0.2) is 0 Å². The van der Waals surface area contributed by atoms with Crippen LogP contribution in [0.5, 0.6) is 0 Å². The van der Waals surface area contributed by atoms with Gasteiger partial charge in [0.15, 0.2) is 0 Å². The summed E-state index contributed by atoms with van der Waals surface area (Å²) >= 11 is 0. The molecule has 0 aromatic rings. The van der Waals surface area contributed by atoms with Crippen LogP contribution in [0, 0.1) is 71.0 Å². The molecule has 0 rings (SSSR count). The molecule has 0 fully saturated rings. The maximum Gasteiger partial charge on any atom is -0.0443 e. The molecule has 0 saturated carbocycles. The van der Waals surface area contributed by atoms with E-state index >= 15 is 0 Å². The summed E-state index contributed by atoms with van der Waals surface area (Å²) in [5, 5.41) is 0. The molecule has 0 N–H and O–H groups in total. The molecule has 6 unspecified atom stereocenters. The Morgan fingerprint density at radius 3 is 0.316 bits per heavy atom.